The van der Waals surface area contributed by atoms with Crippen molar-refractivity contribution in [3.63, 3.8) is 0 Å². The fourth-order valence-electron chi connectivity index (χ4n) is 1.94. The molecule has 6 heteroatoms. The van der Waals surface area contributed by atoms with Gasteiger partial charge in [0.05, 0.1) is 11.6 Å². The molecule has 0 fully saturated rings. The van der Waals surface area contributed by atoms with E-state index >= 15 is 0 Å². The maximum Gasteiger partial charge on any atom is 0.185 e. The van der Waals surface area contributed by atoms with Crippen molar-refractivity contribution in [1.29, 1.82) is 0 Å². The van der Waals surface area contributed by atoms with Crippen LogP contribution in [0.25, 0.3) is 11.4 Å². The minimum atomic E-state index is -0.374. The second-order valence-electron chi connectivity index (χ2n) is 4.81. The van der Waals surface area contributed by atoms with Crippen LogP contribution in [-0.2, 0) is 0 Å². The van der Waals surface area contributed by atoms with E-state index in [0.29, 0.717) is 23.0 Å². The lowest BCUT2D eigenvalue weighted by atomic mass is 10.0. The molecule has 1 aromatic heterocycles. The number of anilines is 1. The fourth-order valence-corrected chi connectivity index (χ4v) is 1.94. The first-order valence-electron chi connectivity index (χ1n) is 6.37. The zero-order valence-electron chi connectivity index (χ0n) is 11.3. The first-order chi connectivity index (χ1) is 9.04. The minimum absolute atomic E-state index is 0.0934. The summed E-state index contributed by atoms with van der Waals surface area (Å²) in [7, 11) is 0. The summed E-state index contributed by atoms with van der Waals surface area (Å²) in [4.78, 5) is 0. The lowest BCUT2D eigenvalue weighted by Gasteiger charge is -2.19. The second kappa shape index (κ2) is 5.34. The van der Waals surface area contributed by atoms with Crippen LogP contribution in [-0.4, -0.2) is 20.2 Å². The van der Waals surface area contributed by atoms with Crippen LogP contribution in [0.5, 0.6) is 0 Å². The van der Waals surface area contributed by atoms with Crippen LogP contribution in [0.2, 0.25) is 0 Å². The van der Waals surface area contributed by atoms with Gasteiger partial charge >= 0.3 is 0 Å². The molecule has 0 spiro atoms. The number of nitrogens with zero attached hydrogens (tertiary/aromatic N) is 4. The Morgan fingerprint density at radius 3 is 2.79 bits per heavy atom. The molecule has 0 bridgehead atoms. The smallest absolute Gasteiger partial charge is 0.185 e. The summed E-state index contributed by atoms with van der Waals surface area (Å²) in [5.41, 5.74) is 6.52. The average Bonchev–Trinajstić information content (AvgIpc) is 2.88. The van der Waals surface area contributed by atoms with Gasteiger partial charge in [0.1, 0.15) is 5.82 Å². The molecule has 19 heavy (non-hydrogen) atoms. The van der Waals surface area contributed by atoms with Gasteiger partial charge in [0.15, 0.2) is 5.82 Å². The lowest BCUT2D eigenvalue weighted by Crippen LogP contribution is -2.16. The number of halogens is 1. The predicted molar refractivity (Wildman–Crippen MR) is 71.8 cm³/mol. The number of aromatic nitrogens is 4. The summed E-state index contributed by atoms with van der Waals surface area (Å²) in [5, 5.41) is 11.6. The Balaban J connectivity index is 2.47. The molecule has 2 aromatic rings. The topological polar surface area (TPSA) is 69.6 Å². The van der Waals surface area contributed by atoms with Gasteiger partial charge in [-0.2, -0.15) is 0 Å². The van der Waals surface area contributed by atoms with Crippen LogP contribution >= 0.6 is 0 Å². The van der Waals surface area contributed by atoms with Crippen LogP contribution in [0.15, 0.2) is 18.2 Å². The summed E-state index contributed by atoms with van der Waals surface area (Å²) in [6.45, 7) is 6.25. The molecule has 2 atom stereocenters. The Hall–Kier alpha value is -1.98. The molecular weight excluding hydrogens is 245 g/mol. The van der Waals surface area contributed by atoms with Crippen LogP contribution in [0.4, 0.5) is 10.1 Å². The third-order valence-corrected chi connectivity index (χ3v) is 3.58. The Morgan fingerprint density at radius 2 is 2.11 bits per heavy atom. The van der Waals surface area contributed by atoms with Crippen molar-refractivity contribution in [3.05, 3.63) is 24.0 Å². The number of rotatable bonds is 4. The average molecular weight is 263 g/mol. The minimum Gasteiger partial charge on any atom is -0.399 e. The van der Waals surface area contributed by atoms with E-state index in [1.165, 1.54) is 12.1 Å². The number of nitrogens with two attached hydrogens (primary N) is 1. The predicted octanol–water partition coefficient (Wildman–Crippen LogP) is 2.67. The Kier molecular flexibility index (Phi) is 3.78. The van der Waals surface area contributed by atoms with Gasteiger partial charge in [0.25, 0.3) is 0 Å². The van der Waals surface area contributed by atoms with Crippen molar-refractivity contribution < 1.29 is 4.39 Å². The van der Waals surface area contributed by atoms with Gasteiger partial charge in [-0.05, 0) is 41.5 Å². The molecule has 0 radical (unpaired) electrons. The summed E-state index contributed by atoms with van der Waals surface area (Å²) < 4.78 is 15.6. The van der Waals surface area contributed by atoms with E-state index in [1.807, 2.05) is 6.92 Å². The molecule has 0 aliphatic carbocycles. The first-order valence-corrected chi connectivity index (χ1v) is 6.37. The van der Waals surface area contributed by atoms with E-state index in [9.17, 15) is 4.39 Å². The molecule has 102 valence electrons. The van der Waals surface area contributed by atoms with Crippen molar-refractivity contribution in [1.82, 2.24) is 20.2 Å². The van der Waals surface area contributed by atoms with E-state index in [0.717, 1.165) is 6.42 Å². The molecule has 2 unspecified atom stereocenters. The van der Waals surface area contributed by atoms with Crippen molar-refractivity contribution in [2.75, 3.05) is 5.73 Å². The molecular formula is C13H18FN5. The monoisotopic (exact) mass is 263 g/mol. The molecule has 0 saturated carbocycles. The van der Waals surface area contributed by atoms with Gasteiger partial charge in [-0.1, -0.05) is 20.3 Å². The van der Waals surface area contributed by atoms with Gasteiger partial charge in [0.2, 0.25) is 0 Å². The summed E-state index contributed by atoms with van der Waals surface area (Å²) in [5.74, 6) is 0.436. The number of tetrazole rings is 1. The van der Waals surface area contributed by atoms with E-state index < -0.39 is 0 Å². The Labute approximate surface area is 111 Å². The van der Waals surface area contributed by atoms with E-state index in [2.05, 4.69) is 29.4 Å². The fraction of sp³-hybridized carbons (Fsp3) is 0.462. The number of nitrogen functional groups attached to an aromatic ring is 1. The largest absolute Gasteiger partial charge is 0.399 e. The third-order valence-electron chi connectivity index (χ3n) is 3.58. The Bertz CT molecular complexity index is 566. The van der Waals surface area contributed by atoms with Gasteiger partial charge in [0, 0.05) is 5.69 Å². The summed E-state index contributed by atoms with van der Waals surface area (Å²) in [6, 6.07) is 4.50. The van der Waals surface area contributed by atoms with Gasteiger partial charge < -0.3 is 5.73 Å². The van der Waals surface area contributed by atoms with Crippen LogP contribution in [0.1, 0.15) is 33.2 Å². The molecule has 0 aliphatic rings. The van der Waals surface area contributed by atoms with Crippen LogP contribution < -0.4 is 5.73 Å². The lowest BCUT2D eigenvalue weighted by molar-refractivity contribution is 0.340. The molecule has 2 N–H and O–H groups in total. The van der Waals surface area contributed by atoms with Gasteiger partial charge in [-0.3, -0.25) is 0 Å². The SMILES string of the molecule is CCC(C)C(C)n1nnnc1-c1cc(N)ccc1F. The molecule has 5 nitrogen and oxygen atoms in total. The van der Waals surface area contributed by atoms with Crippen LogP contribution in [0.3, 0.4) is 0 Å². The molecule has 0 amide bonds. The van der Waals surface area contributed by atoms with E-state index in [-0.39, 0.29) is 11.9 Å². The normalized spacial score (nSPS) is 14.3. The number of benzene rings is 1. The highest BCUT2D eigenvalue weighted by Crippen LogP contribution is 2.27. The molecule has 2 rings (SSSR count). The van der Waals surface area contributed by atoms with Gasteiger partial charge in [-0.25, -0.2) is 9.07 Å². The number of hydrogen-bond acceptors (Lipinski definition) is 4. The van der Waals surface area contributed by atoms with E-state index in [4.69, 9.17) is 5.73 Å². The Morgan fingerprint density at radius 1 is 1.37 bits per heavy atom. The van der Waals surface area contributed by atoms with E-state index in [1.54, 1.807) is 10.7 Å². The highest BCUT2D eigenvalue weighted by molar-refractivity contribution is 5.61. The summed E-state index contributed by atoms with van der Waals surface area (Å²) in [6.07, 6.45) is 1.000. The summed E-state index contributed by atoms with van der Waals surface area (Å²) >= 11 is 0. The molecule has 1 aromatic carbocycles. The number of hydrogen-bond donors (Lipinski definition) is 1. The van der Waals surface area contributed by atoms with Crippen molar-refractivity contribution in [2.24, 2.45) is 5.92 Å². The molecule has 0 aliphatic heterocycles. The van der Waals surface area contributed by atoms with Crippen molar-refractivity contribution >= 4 is 5.69 Å². The standard InChI is InChI=1S/C13H18FN5/c1-4-8(2)9(3)19-13(16-17-18-19)11-7-10(15)5-6-12(11)14/h5-9H,4,15H2,1-3H3. The van der Waals surface area contributed by atoms with Gasteiger partial charge in [-0.15, -0.1) is 5.10 Å². The highest BCUT2D eigenvalue weighted by atomic mass is 19.1. The first kappa shape index (κ1) is 13.5. The molecule has 0 saturated heterocycles. The van der Waals surface area contributed by atoms with Crippen molar-refractivity contribution in [2.45, 2.75) is 33.2 Å². The van der Waals surface area contributed by atoms with Crippen molar-refractivity contribution in [3.8, 4) is 11.4 Å². The maximum absolute atomic E-state index is 13.9. The van der Waals surface area contributed by atoms with Crippen LogP contribution in [0, 0.1) is 11.7 Å². The zero-order valence-corrected chi connectivity index (χ0v) is 11.3. The zero-order chi connectivity index (χ0) is 14.0. The highest BCUT2D eigenvalue weighted by Gasteiger charge is 2.20. The molecule has 1 heterocycles. The quantitative estimate of drug-likeness (QED) is 0.861. The third kappa shape index (κ3) is 2.57. The second-order valence-corrected chi connectivity index (χ2v) is 4.81. The maximum atomic E-state index is 13.9.